The van der Waals surface area contributed by atoms with Gasteiger partial charge in [0.1, 0.15) is 6.04 Å². The van der Waals surface area contributed by atoms with Crippen LogP contribution in [0.3, 0.4) is 0 Å². The van der Waals surface area contributed by atoms with Crippen LogP contribution in [-0.2, 0) is 19.4 Å². The predicted molar refractivity (Wildman–Crippen MR) is 87.8 cm³/mol. The Hall–Kier alpha value is -1.15. The van der Waals surface area contributed by atoms with E-state index in [-0.39, 0.29) is 35.9 Å². The molecule has 2 N–H and O–H groups in total. The molecule has 2 atom stereocenters. The van der Waals surface area contributed by atoms with E-state index in [0.29, 0.717) is 0 Å². The highest BCUT2D eigenvalue weighted by Gasteiger charge is 2.23. The molecule has 0 fully saturated rings. The summed E-state index contributed by atoms with van der Waals surface area (Å²) in [6.07, 6.45) is 1.16. The number of benzene rings is 1. The minimum absolute atomic E-state index is 0. The Morgan fingerprint density at radius 1 is 1.32 bits per heavy atom. The molecular weight excluding hydrogens is 328 g/mol. The van der Waals surface area contributed by atoms with Gasteiger partial charge in [-0.25, -0.2) is 8.42 Å². The number of nitrogens with two attached hydrogens (primary N) is 1. The zero-order chi connectivity index (χ0) is 16.2. The molecular formula is C14H23ClN2O4S. The summed E-state index contributed by atoms with van der Waals surface area (Å²) in [6, 6.07) is 5.55. The molecule has 0 spiro atoms. The van der Waals surface area contributed by atoms with Gasteiger partial charge in [0, 0.05) is 20.4 Å². The number of hydrogen-bond donors (Lipinski definition) is 1. The lowest BCUT2D eigenvalue weighted by molar-refractivity contribution is -0.134. The number of amides is 1. The molecule has 0 aliphatic rings. The second-order valence-corrected chi connectivity index (χ2v) is 7.04. The quantitative estimate of drug-likeness (QED) is 0.826. The number of halogens is 1. The highest BCUT2D eigenvalue weighted by molar-refractivity contribution is 7.90. The lowest BCUT2D eigenvalue weighted by Crippen LogP contribution is -2.45. The molecule has 0 aliphatic carbocycles. The van der Waals surface area contributed by atoms with Crippen LogP contribution in [0.1, 0.15) is 18.5 Å². The van der Waals surface area contributed by atoms with Crippen molar-refractivity contribution < 1.29 is 17.9 Å². The van der Waals surface area contributed by atoms with Crippen molar-refractivity contribution in [3.63, 3.8) is 0 Å². The van der Waals surface area contributed by atoms with E-state index in [4.69, 9.17) is 10.5 Å². The molecule has 6 nitrogen and oxygen atoms in total. The van der Waals surface area contributed by atoms with Crippen molar-refractivity contribution in [2.75, 3.05) is 27.0 Å². The van der Waals surface area contributed by atoms with Gasteiger partial charge in [0.25, 0.3) is 0 Å². The Labute approximate surface area is 138 Å². The molecule has 0 aliphatic heterocycles. The maximum absolute atomic E-state index is 12.1. The minimum atomic E-state index is -3.22. The average Bonchev–Trinajstić information content (AvgIpc) is 2.44. The number of carbonyl (C=O) groups is 1. The van der Waals surface area contributed by atoms with Gasteiger partial charge in [0.15, 0.2) is 9.84 Å². The molecule has 0 saturated heterocycles. The Bertz CT molecular complexity index is 589. The molecule has 0 saturated carbocycles. The molecule has 0 heterocycles. The van der Waals surface area contributed by atoms with Gasteiger partial charge in [-0.3, -0.25) is 4.79 Å². The van der Waals surface area contributed by atoms with Gasteiger partial charge in [-0.15, -0.1) is 12.4 Å². The van der Waals surface area contributed by atoms with E-state index >= 15 is 0 Å². The first-order chi connectivity index (χ1) is 9.68. The monoisotopic (exact) mass is 350 g/mol. The number of rotatable bonds is 6. The van der Waals surface area contributed by atoms with Gasteiger partial charge >= 0.3 is 0 Å². The van der Waals surface area contributed by atoms with E-state index in [9.17, 15) is 13.2 Å². The molecule has 8 heteroatoms. The van der Waals surface area contributed by atoms with Gasteiger partial charge in [0.2, 0.25) is 5.91 Å². The van der Waals surface area contributed by atoms with Crippen LogP contribution in [0.2, 0.25) is 0 Å². The molecule has 2 unspecified atom stereocenters. The van der Waals surface area contributed by atoms with Crippen molar-refractivity contribution in [1.82, 2.24) is 4.90 Å². The largest absolute Gasteiger partial charge is 0.383 e. The fourth-order valence-corrected chi connectivity index (χ4v) is 2.55. The number of methoxy groups -OCH3 is 1. The van der Waals surface area contributed by atoms with Crippen LogP contribution < -0.4 is 5.73 Å². The van der Waals surface area contributed by atoms with Gasteiger partial charge in [-0.05, 0) is 24.6 Å². The standard InChI is InChI=1S/C14H22N2O4S.ClH/c1-10(16(2)14(17)13(15)9-20-3)11-5-7-12(8-6-11)21(4,18)19;/h5-8,10,13H,9,15H2,1-4H3;1H. The van der Waals surface area contributed by atoms with Gasteiger partial charge in [-0.1, -0.05) is 12.1 Å². The lowest BCUT2D eigenvalue weighted by atomic mass is 10.1. The predicted octanol–water partition coefficient (Wildman–Crippen LogP) is 1.01. The van der Waals surface area contributed by atoms with E-state index in [1.807, 2.05) is 6.92 Å². The first kappa shape index (κ1) is 20.9. The molecule has 1 aromatic carbocycles. The average molecular weight is 351 g/mol. The Morgan fingerprint density at radius 2 is 1.82 bits per heavy atom. The van der Waals surface area contributed by atoms with Crippen molar-refractivity contribution in [2.45, 2.75) is 23.9 Å². The fraction of sp³-hybridized carbons (Fsp3) is 0.500. The second-order valence-electron chi connectivity index (χ2n) is 5.03. The highest BCUT2D eigenvalue weighted by atomic mass is 35.5. The van der Waals surface area contributed by atoms with Crippen LogP contribution >= 0.6 is 12.4 Å². The first-order valence-corrected chi connectivity index (χ1v) is 8.38. The van der Waals surface area contributed by atoms with Crippen molar-refractivity contribution in [3.8, 4) is 0 Å². The number of sulfone groups is 1. The van der Waals surface area contributed by atoms with Crippen LogP contribution in [0.15, 0.2) is 29.2 Å². The molecule has 1 rings (SSSR count). The van der Waals surface area contributed by atoms with Crippen LogP contribution in [0.4, 0.5) is 0 Å². The summed E-state index contributed by atoms with van der Waals surface area (Å²) in [6.45, 7) is 2.01. The van der Waals surface area contributed by atoms with Crippen LogP contribution in [-0.4, -0.2) is 52.3 Å². The highest BCUT2D eigenvalue weighted by Crippen LogP contribution is 2.21. The van der Waals surface area contributed by atoms with E-state index < -0.39 is 15.9 Å². The summed E-state index contributed by atoms with van der Waals surface area (Å²) in [5.41, 5.74) is 6.57. The van der Waals surface area contributed by atoms with Gasteiger partial charge in [0.05, 0.1) is 17.5 Å². The normalized spacial score (nSPS) is 13.9. The van der Waals surface area contributed by atoms with Gasteiger partial charge in [-0.2, -0.15) is 0 Å². The van der Waals surface area contributed by atoms with Crippen LogP contribution in [0.5, 0.6) is 0 Å². The summed E-state index contributed by atoms with van der Waals surface area (Å²) in [5, 5.41) is 0. The zero-order valence-electron chi connectivity index (χ0n) is 13.1. The molecule has 0 bridgehead atoms. The number of hydrogen-bond acceptors (Lipinski definition) is 5. The van der Waals surface area contributed by atoms with E-state index in [0.717, 1.165) is 11.8 Å². The summed E-state index contributed by atoms with van der Waals surface area (Å²) >= 11 is 0. The summed E-state index contributed by atoms with van der Waals surface area (Å²) < 4.78 is 27.7. The Morgan fingerprint density at radius 3 is 2.23 bits per heavy atom. The SMILES string of the molecule is COCC(N)C(=O)N(C)C(C)c1ccc(S(C)(=O)=O)cc1.Cl. The third kappa shape index (κ3) is 5.24. The smallest absolute Gasteiger partial charge is 0.242 e. The summed E-state index contributed by atoms with van der Waals surface area (Å²) in [5.74, 6) is -0.225. The van der Waals surface area contributed by atoms with Crippen molar-refractivity contribution in [3.05, 3.63) is 29.8 Å². The summed E-state index contributed by atoms with van der Waals surface area (Å²) in [7, 11) is -0.0734. The third-order valence-corrected chi connectivity index (χ3v) is 4.51. The molecule has 0 aromatic heterocycles. The molecule has 22 heavy (non-hydrogen) atoms. The first-order valence-electron chi connectivity index (χ1n) is 6.49. The summed E-state index contributed by atoms with van der Waals surface area (Å²) in [4.78, 5) is 13.9. The zero-order valence-corrected chi connectivity index (χ0v) is 14.8. The number of likely N-dealkylation sites (N-methyl/N-ethyl adjacent to an activating group) is 1. The van der Waals surface area contributed by atoms with Crippen molar-refractivity contribution in [1.29, 1.82) is 0 Å². The molecule has 0 radical (unpaired) electrons. The fourth-order valence-electron chi connectivity index (χ4n) is 1.92. The lowest BCUT2D eigenvalue weighted by Gasteiger charge is -2.27. The van der Waals surface area contributed by atoms with Gasteiger partial charge < -0.3 is 15.4 Å². The third-order valence-electron chi connectivity index (χ3n) is 3.38. The van der Waals surface area contributed by atoms with E-state index in [2.05, 4.69) is 0 Å². The maximum Gasteiger partial charge on any atom is 0.242 e. The second kappa shape index (κ2) is 8.47. The van der Waals surface area contributed by atoms with Crippen LogP contribution in [0, 0.1) is 0 Å². The number of carbonyl (C=O) groups excluding carboxylic acids is 1. The topological polar surface area (TPSA) is 89.7 Å². The molecule has 126 valence electrons. The number of ether oxygens (including phenoxy) is 1. The number of nitrogens with zero attached hydrogens (tertiary/aromatic N) is 1. The van der Waals surface area contributed by atoms with E-state index in [1.54, 1.807) is 19.2 Å². The molecule has 1 aromatic rings. The van der Waals surface area contributed by atoms with Crippen LogP contribution in [0.25, 0.3) is 0 Å². The molecule has 1 amide bonds. The Balaban J connectivity index is 0.00000441. The van der Waals surface area contributed by atoms with Crippen molar-refractivity contribution in [2.24, 2.45) is 5.73 Å². The minimum Gasteiger partial charge on any atom is -0.383 e. The maximum atomic E-state index is 12.1. The van der Waals surface area contributed by atoms with Crippen molar-refractivity contribution >= 4 is 28.2 Å². The Kier molecular flexibility index (Phi) is 8.03. The van der Waals surface area contributed by atoms with E-state index in [1.165, 1.54) is 24.1 Å².